The van der Waals surface area contributed by atoms with Gasteiger partial charge < -0.3 is 9.64 Å². The van der Waals surface area contributed by atoms with Gasteiger partial charge in [0.15, 0.2) is 0 Å². The predicted molar refractivity (Wildman–Crippen MR) is 127 cm³/mol. The molecule has 0 heterocycles. The number of likely N-dealkylation sites (N-methyl/N-ethyl adjacent to an activating group) is 1. The molecule has 0 unspecified atom stereocenters. The van der Waals surface area contributed by atoms with Crippen molar-refractivity contribution in [3.8, 4) is 5.75 Å². The molecule has 3 rings (SSSR count). The molecule has 168 valence electrons. The van der Waals surface area contributed by atoms with Crippen LogP contribution in [-0.4, -0.2) is 39.9 Å². The number of para-hydroxylation sites is 2. The molecule has 0 atom stereocenters. The number of nitrogens with zero attached hydrogens (tertiary/aromatic N) is 2. The Morgan fingerprint density at radius 1 is 0.969 bits per heavy atom. The molecule has 1 amide bonds. The Kier molecular flexibility index (Phi) is 7.43. The zero-order valence-corrected chi connectivity index (χ0v) is 19.7. The fourth-order valence-electron chi connectivity index (χ4n) is 3.30. The zero-order chi connectivity index (χ0) is 23.3. The number of amides is 1. The van der Waals surface area contributed by atoms with Crippen molar-refractivity contribution in [2.24, 2.45) is 0 Å². The number of anilines is 1. The number of carbonyl (C=O) groups is 1. The summed E-state index contributed by atoms with van der Waals surface area (Å²) in [5.74, 6) is 0.313. The van der Waals surface area contributed by atoms with Gasteiger partial charge in [-0.2, -0.15) is 0 Å². The van der Waals surface area contributed by atoms with Crippen molar-refractivity contribution in [2.75, 3.05) is 25.0 Å². The fraction of sp³-hybridized carbons (Fsp3) is 0.208. The second-order valence-corrected chi connectivity index (χ2v) is 9.61. The standard InChI is InChI=1S/C24H25ClN2O4S/c1-18-8-4-6-10-22(18)27(32(29,30)21-14-12-20(25)13-15-21)17-24(28)26(2)16-19-9-5-7-11-23(19)31-3/h4-15H,16-17H2,1-3H3. The molecule has 0 aliphatic heterocycles. The normalized spacial score (nSPS) is 11.1. The monoisotopic (exact) mass is 472 g/mol. The van der Waals surface area contributed by atoms with E-state index in [1.165, 1.54) is 29.2 Å². The molecule has 0 aliphatic carbocycles. The lowest BCUT2D eigenvalue weighted by molar-refractivity contribution is -0.128. The van der Waals surface area contributed by atoms with Crippen LogP contribution >= 0.6 is 11.6 Å². The maximum absolute atomic E-state index is 13.5. The first kappa shape index (κ1) is 23.6. The van der Waals surface area contributed by atoms with Gasteiger partial charge in [0.1, 0.15) is 12.3 Å². The van der Waals surface area contributed by atoms with Gasteiger partial charge in [-0.05, 0) is 48.9 Å². The lowest BCUT2D eigenvalue weighted by Gasteiger charge is -2.28. The summed E-state index contributed by atoms with van der Waals surface area (Å²) in [6.45, 7) is 1.75. The number of methoxy groups -OCH3 is 1. The molecule has 0 aliphatic rings. The summed E-state index contributed by atoms with van der Waals surface area (Å²) in [5, 5.41) is 0.430. The molecule has 3 aromatic carbocycles. The molecule has 0 bridgehead atoms. The number of sulfonamides is 1. The van der Waals surface area contributed by atoms with E-state index in [-0.39, 0.29) is 23.9 Å². The average Bonchev–Trinajstić information content (AvgIpc) is 2.78. The zero-order valence-electron chi connectivity index (χ0n) is 18.2. The molecule has 8 heteroatoms. The van der Waals surface area contributed by atoms with Gasteiger partial charge in [-0.15, -0.1) is 0 Å². The number of hydrogen-bond donors (Lipinski definition) is 0. The molecule has 3 aromatic rings. The highest BCUT2D eigenvalue weighted by Crippen LogP contribution is 2.28. The SMILES string of the molecule is COc1ccccc1CN(C)C(=O)CN(c1ccccc1C)S(=O)(=O)c1ccc(Cl)cc1. The minimum absolute atomic E-state index is 0.0605. The number of carbonyl (C=O) groups excluding carboxylic acids is 1. The molecular formula is C24H25ClN2O4S. The van der Waals surface area contributed by atoms with Crippen LogP contribution in [0.4, 0.5) is 5.69 Å². The average molecular weight is 473 g/mol. The quantitative estimate of drug-likeness (QED) is 0.483. The molecule has 6 nitrogen and oxygen atoms in total. The Hall–Kier alpha value is -3.03. The van der Waals surface area contributed by atoms with Crippen LogP contribution in [0.15, 0.2) is 77.7 Å². The number of hydrogen-bond acceptors (Lipinski definition) is 4. The molecule has 0 radical (unpaired) electrons. The van der Waals surface area contributed by atoms with Crippen LogP contribution in [0.2, 0.25) is 5.02 Å². The molecule has 32 heavy (non-hydrogen) atoms. The van der Waals surface area contributed by atoms with Gasteiger partial charge in [0.2, 0.25) is 5.91 Å². The van der Waals surface area contributed by atoms with Crippen molar-refractivity contribution < 1.29 is 17.9 Å². The number of halogens is 1. The summed E-state index contributed by atoms with van der Waals surface area (Å²) in [4.78, 5) is 14.7. The van der Waals surface area contributed by atoms with E-state index in [2.05, 4.69) is 0 Å². The molecule has 0 fully saturated rings. The van der Waals surface area contributed by atoms with Crippen molar-refractivity contribution in [1.82, 2.24) is 4.90 Å². The van der Waals surface area contributed by atoms with E-state index in [9.17, 15) is 13.2 Å². The second kappa shape index (κ2) is 10.1. The summed E-state index contributed by atoms with van der Waals surface area (Å²) in [6, 6.07) is 20.4. The van der Waals surface area contributed by atoms with Crippen molar-refractivity contribution in [3.63, 3.8) is 0 Å². The third-order valence-electron chi connectivity index (χ3n) is 5.09. The topological polar surface area (TPSA) is 66.9 Å². The van der Waals surface area contributed by atoms with Crippen molar-refractivity contribution in [3.05, 3.63) is 88.9 Å². The van der Waals surface area contributed by atoms with E-state index in [1.54, 1.807) is 26.3 Å². The van der Waals surface area contributed by atoms with E-state index >= 15 is 0 Å². The summed E-state index contributed by atoms with van der Waals surface area (Å²) in [6.07, 6.45) is 0. The van der Waals surface area contributed by atoms with Gasteiger partial charge in [-0.25, -0.2) is 8.42 Å². The molecule has 0 saturated carbocycles. The van der Waals surface area contributed by atoms with Gasteiger partial charge in [0.25, 0.3) is 10.0 Å². The minimum atomic E-state index is -4.01. The summed E-state index contributed by atoms with van der Waals surface area (Å²) >= 11 is 5.93. The lowest BCUT2D eigenvalue weighted by atomic mass is 10.2. The van der Waals surface area contributed by atoms with E-state index in [4.69, 9.17) is 16.3 Å². The predicted octanol–water partition coefficient (Wildman–Crippen LogP) is 4.51. The highest BCUT2D eigenvalue weighted by Gasteiger charge is 2.29. The van der Waals surface area contributed by atoms with E-state index in [0.29, 0.717) is 16.5 Å². The van der Waals surface area contributed by atoms with Gasteiger partial charge >= 0.3 is 0 Å². The Morgan fingerprint density at radius 2 is 1.59 bits per heavy atom. The molecule has 0 N–H and O–H groups in total. The van der Waals surface area contributed by atoms with E-state index in [1.807, 2.05) is 43.3 Å². The van der Waals surface area contributed by atoms with Crippen LogP contribution in [0.25, 0.3) is 0 Å². The van der Waals surface area contributed by atoms with Crippen molar-refractivity contribution in [2.45, 2.75) is 18.4 Å². The van der Waals surface area contributed by atoms with Crippen LogP contribution in [0.1, 0.15) is 11.1 Å². The Labute approximate surface area is 194 Å². The first-order valence-electron chi connectivity index (χ1n) is 9.94. The number of benzene rings is 3. The number of rotatable bonds is 8. The third kappa shape index (κ3) is 5.23. The summed E-state index contributed by atoms with van der Waals surface area (Å²) in [7, 11) is -0.798. The number of aryl methyl sites for hydroxylation is 1. The van der Waals surface area contributed by atoms with Crippen molar-refractivity contribution in [1.29, 1.82) is 0 Å². The third-order valence-corrected chi connectivity index (χ3v) is 7.12. The van der Waals surface area contributed by atoms with Gasteiger partial charge in [-0.1, -0.05) is 48.0 Å². The van der Waals surface area contributed by atoms with Crippen LogP contribution in [0.5, 0.6) is 5.75 Å². The Morgan fingerprint density at radius 3 is 2.25 bits per heavy atom. The van der Waals surface area contributed by atoms with Gasteiger partial charge in [0.05, 0.1) is 17.7 Å². The highest BCUT2D eigenvalue weighted by molar-refractivity contribution is 7.92. The van der Waals surface area contributed by atoms with E-state index < -0.39 is 10.0 Å². The minimum Gasteiger partial charge on any atom is -0.496 e. The maximum Gasteiger partial charge on any atom is 0.264 e. The summed E-state index contributed by atoms with van der Waals surface area (Å²) < 4.78 is 33.5. The molecule has 0 saturated heterocycles. The van der Waals surface area contributed by atoms with E-state index in [0.717, 1.165) is 15.4 Å². The first-order valence-corrected chi connectivity index (χ1v) is 11.8. The second-order valence-electron chi connectivity index (χ2n) is 7.31. The first-order chi connectivity index (χ1) is 15.2. The van der Waals surface area contributed by atoms with Crippen LogP contribution < -0.4 is 9.04 Å². The fourth-order valence-corrected chi connectivity index (χ4v) is 4.90. The number of ether oxygens (including phenoxy) is 1. The molecule has 0 aromatic heterocycles. The lowest BCUT2D eigenvalue weighted by Crippen LogP contribution is -2.41. The van der Waals surface area contributed by atoms with Crippen LogP contribution in [-0.2, 0) is 21.4 Å². The largest absolute Gasteiger partial charge is 0.496 e. The molecule has 0 spiro atoms. The Balaban J connectivity index is 1.93. The van der Waals surface area contributed by atoms with Gasteiger partial charge in [0, 0.05) is 24.2 Å². The van der Waals surface area contributed by atoms with Crippen LogP contribution in [0.3, 0.4) is 0 Å². The van der Waals surface area contributed by atoms with Crippen LogP contribution in [0, 0.1) is 6.92 Å². The van der Waals surface area contributed by atoms with Crippen molar-refractivity contribution >= 4 is 33.2 Å². The molecular weight excluding hydrogens is 448 g/mol. The maximum atomic E-state index is 13.5. The Bertz CT molecular complexity index is 1200. The smallest absolute Gasteiger partial charge is 0.264 e. The van der Waals surface area contributed by atoms with Gasteiger partial charge in [-0.3, -0.25) is 9.10 Å². The summed E-state index contributed by atoms with van der Waals surface area (Å²) in [5.41, 5.74) is 2.01. The highest BCUT2D eigenvalue weighted by atomic mass is 35.5.